The standard InChI is InChI=1S/C51H33N3O/c1-3-12-32(13-4-1)33-22-24-35(25-23-33)50-52-49(34-14-5-2-6-15-34)53-51(54-50)37-27-29-44-45-21-11-20-38(48(45)55-47(44)31-37)36-26-28-43-41-18-8-7-16-39(41)40-17-9-10-19-42(40)46(43)30-36/h1-31,51H,(H,52,53,54). The maximum Gasteiger partial charge on any atom is 0.159 e. The molecule has 4 heteroatoms. The maximum absolute atomic E-state index is 6.81. The lowest BCUT2D eigenvalue weighted by Gasteiger charge is -2.23. The van der Waals surface area contributed by atoms with Crippen LogP contribution in [0.2, 0.25) is 0 Å². The van der Waals surface area contributed by atoms with E-state index in [1.54, 1.807) is 0 Å². The van der Waals surface area contributed by atoms with E-state index in [1.165, 1.54) is 37.9 Å². The van der Waals surface area contributed by atoms with Crippen molar-refractivity contribution in [1.82, 2.24) is 5.32 Å². The number of hydrogen-bond donors (Lipinski definition) is 1. The molecule has 11 rings (SSSR count). The van der Waals surface area contributed by atoms with Gasteiger partial charge in [0.2, 0.25) is 0 Å². The molecule has 10 aromatic rings. The van der Waals surface area contributed by atoms with Gasteiger partial charge in [0.1, 0.15) is 23.2 Å². The fraction of sp³-hybridized carbons (Fsp3) is 0.0196. The van der Waals surface area contributed by atoms with Crippen molar-refractivity contribution in [3.8, 4) is 22.3 Å². The third-order valence-corrected chi connectivity index (χ3v) is 10.9. The smallest absolute Gasteiger partial charge is 0.159 e. The van der Waals surface area contributed by atoms with Crippen molar-refractivity contribution in [3.05, 3.63) is 205 Å². The van der Waals surface area contributed by atoms with E-state index >= 15 is 0 Å². The quantitative estimate of drug-likeness (QED) is 0.181. The van der Waals surface area contributed by atoms with Crippen LogP contribution in [0, 0.1) is 0 Å². The number of aliphatic imine (C=N–C) groups is 2. The summed E-state index contributed by atoms with van der Waals surface area (Å²) in [6, 6.07) is 66.3. The minimum atomic E-state index is -0.364. The lowest BCUT2D eigenvalue weighted by molar-refractivity contribution is 0.655. The molecule has 0 aliphatic carbocycles. The van der Waals surface area contributed by atoms with Gasteiger partial charge in [-0.05, 0) is 61.1 Å². The van der Waals surface area contributed by atoms with E-state index in [0.717, 1.165) is 61.2 Å². The second kappa shape index (κ2) is 12.7. The van der Waals surface area contributed by atoms with Crippen molar-refractivity contribution in [2.75, 3.05) is 0 Å². The Hall–Kier alpha value is -7.30. The van der Waals surface area contributed by atoms with Crippen LogP contribution >= 0.6 is 0 Å². The van der Waals surface area contributed by atoms with Gasteiger partial charge in [-0.25, -0.2) is 9.98 Å². The molecule has 1 N–H and O–H groups in total. The van der Waals surface area contributed by atoms with Crippen LogP contribution in [0.3, 0.4) is 0 Å². The van der Waals surface area contributed by atoms with Crippen molar-refractivity contribution < 1.29 is 4.42 Å². The molecule has 0 radical (unpaired) electrons. The van der Waals surface area contributed by atoms with Crippen LogP contribution in [0.25, 0.3) is 76.5 Å². The Morgan fingerprint density at radius 1 is 0.400 bits per heavy atom. The fourth-order valence-corrected chi connectivity index (χ4v) is 8.22. The average molecular weight is 704 g/mol. The summed E-state index contributed by atoms with van der Waals surface area (Å²) in [6.07, 6.45) is -0.364. The van der Waals surface area contributed by atoms with Gasteiger partial charge in [-0.2, -0.15) is 0 Å². The number of furan rings is 1. The van der Waals surface area contributed by atoms with E-state index in [-0.39, 0.29) is 6.17 Å². The summed E-state index contributed by atoms with van der Waals surface area (Å²) in [5, 5.41) is 13.4. The average Bonchev–Trinajstić information content (AvgIpc) is 3.65. The van der Waals surface area contributed by atoms with E-state index in [0.29, 0.717) is 5.84 Å². The summed E-state index contributed by atoms with van der Waals surface area (Å²) in [6.45, 7) is 0. The number of fused-ring (bicyclic) bond motifs is 9. The molecule has 1 atom stereocenters. The van der Waals surface area contributed by atoms with Gasteiger partial charge in [0.05, 0.1) is 0 Å². The highest BCUT2D eigenvalue weighted by atomic mass is 16.3. The lowest BCUT2D eigenvalue weighted by atomic mass is 9.92. The molecule has 0 bridgehead atoms. The molecule has 1 aliphatic rings. The van der Waals surface area contributed by atoms with E-state index in [2.05, 4.69) is 169 Å². The van der Waals surface area contributed by atoms with Gasteiger partial charge < -0.3 is 9.73 Å². The van der Waals surface area contributed by atoms with Gasteiger partial charge in [-0.3, -0.25) is 0 Å². The van der Waals surface area contributed by atoms with Crippen LogP contribution in [-0.4, -0.2) is 11.7 Å². The van der Waals surface area contributed by atoms with Crippen LogP contribution in [-0.2, 0) is 0 Å². The van der Waals surface area contributed by atoms with Crippen LogP contribution in [0.15, 0.2) is 202 Å². The SMILES string of the molecule is c1ccc(C2=NC(c3ccc4c(c3)oc3c(-c5ccc6c7ccccc7c7ccccc7c6c5)cccc34)NC(c3ccc(-c4ccccc4)cc3)=N2)cc1. The van der Waals surface area contributed by atoms with Crippen molar-refractivity contribution >= 4 is 65.9 Å². The molecule has 9 aromatic carbocycles. The lowest BCUT2D eigenvalue weighted by Crippen LogP contribution is -2.33. The van der Waals surface area contributed by atoms with Crippen LogP contribution < -0.4 is 5.32 Å². The number of nitrogens with zero attached hydrogens (tertiary/aromatic N) is 2. The predicted molar refractivity (Wildman–Crippen MR) is 229 cm³/mol. The van der Waals surface area contributed by atoms with Crippen molar-refractivity contribution in [3.63, 3.8) is 0 Å². The topological polar surface area (TPSA) is 49.9 Å². The fourth-order valence-electron chi connectivity index (χ4n) is 8.22. The highest BCUT2D eigenvalue weighted by Crippen LogP contribution is 2.41. The van der Waals surface area contributed by atoms with Gasteiger partial charge >= 0.3 is 0 Å². The summed E-state index contributed by atoms with van der Waals surface area (Å²) in [4.78, 5) is 10.2. The first-order chi connectivity index (χ1) is 27.2. The van der Waals surface area contributed by atoms with E-state index < -0.39 is 0 Å². The minimum Gasteiger partial charge on any atom is -0.455 e. The van der Waals surface area contributed by atoms with Crippen LogP contribution in [0.4, 0.5) is 0 Å². The van der Waals surface area contributed by atoms with Crippen LogP contribution in [0.1, 0.15) is 22.9 Å². The summed E-state index contributed by atoms with van der Waals surface area (Å²) in [7, 11) is 0. The van der Waals surface area contributed by atoms with Crippen LogP contribution in [0.5, 0.6) is 0 Å². The number of para-hydroxylation sites is 1. The van der Waals surface area contributed by atoms with Gasteiger partial charge in [-0.1, -0.05) is 176 Å². The number of benzene rings is 9. The number of amidine groups is 2. The second-order valence-electron chi connectivity index (χ2n) is 14.2. The third kappa shape index (κ3) is 5.30. The van der Waals surface area contributed by atoms with Crippen molar-refractivity contribution in [1.29, 1.82) is 0 Å². The molecule has 1 unspecified atom stereocenters. The highest BCUT2D eigenvalue weighted by Gasteiger charge is 2.23. The largest absolute Gasteiger partial charge is 0.455 e. The molecule has 4 nitrogen and oxygen atoms in total. The molecule has 55 heavy (non-hydrogen) atoms. The Labute approximate surface area is 317 Å². The highest BCUT2D eigenvalue weighted by molar-refractivity contribution is 6.26. The Bertz CT molecular complexity index is 3120. The summed E-state index contributed by atoms with van der Waals surface area (Å²) in [5.41, 5.74) is 9.22. The Balaban J connectivity index is 0.999. The molecule has 1 aliphatic heterocycles. The van der Waals surface area contributed by atoms with Gasteiger partial charge in [0, 0.05) is 33.0 Å². The Kier molecular flexibility index (Phi) is 7.20. The van der Waals surface area contributed by atoms with E-state index in [9.17, 15) is 0 Å². The van der Waals surface area contributed by atoms with Gasteiger partial charge in [0.25, 0.3) is 0 Å². The number of hydrogen-bond acceptors (Lipinski definition) is 4. The molecule has 0 spiro atoms. The molecule has 0 saturated carbocycles. The first-order valence-electron chi connectivity index (χ1n) is 18.7. The molecular formula is C51H33N3O. The molecule has 0 fully saturated rings. The maximum atomic E-state index is 6.81. The number of nitrogens with one attached hydrogen (secondary N) is 1. The Morgan fingerprint density at radius 2 is 0.945 bits per heavy atom. The van der Waals surface area contributed by atoms with Gasteiger partial charge in [0.15, 0.2) is 5.84 Å². The molecule has 0 amide bonds. The zero-order chi connectivity index (χ0) is 36.3. The Morgan fingerprint density at radius 3 is 1.65 bits per heavy atom. The first kappa shape index (κ1) is 31.2. The normalized spacial score (nSPS) is 14.4. The third-order valence-electron chi connectivity index (χ3n) is 10.9. The predicted octanol–water partition coefficient (Wildman–Crippen LogP) is 12.9. The molecule has 1 aromatic heterocycles. The molecule has 2 heterocycles. The monoisotopic (exact) mass is 703 g/mol. The zero-order valence-electron chi connectivity index (χ0n) is 29.8. The van der Waals surface area contributed by atoms with E-state index in [1.807, 2.05) is 24.3 Å². The second-order valence-corrected chi connectivity index (χ2v) is 14.2. The van der Waals surface area contributed by atoms with Crippen molar-refractivity contribution in [2.24, 2.45) is 9.98 Å². The van der Waals surface area contributed by atoms with Gasteiger partial charge in [-0.15, -0.1) is 0 Å². The summed E-state index contributed by atoms with van der Waals surface area (Å²) >= 11 is 0. The molecule has 258 valence electrons. The van der Waals surface area contributed by atoms with Crippen molar-refractivity contribution in [2.45, 2.75) is 6.17 Å². The summed E-state index contributed by atoms with van der Waals surface area (Å²) < 4.78 is 6.81. The van der Waals surface area contributed by atoms with E-state index in [4.69, 9.17) is 14.4 Å². The zero-order valence-corrected chi connectivity index (χ0v) is 29.8. The molecule has 0 saturated heterocycles. The summed E-state index contributed by atoms with van der Waals surface area (Å²) in [5.74, 6) is 1.47. The number of rotatable bonds is 5. The molecular weight excluding hydrogens is 671 g/mol. The first-order valence-corrected chi connectivity index (χ1v) is 18.7. The minimum absolute atomic E-state index is 0.364.